The first-order valence-corrected chi connectivity index (χ1v) is 10.4. The van der Waals surface area contributed by atoms with Crippen LogP contribution in [0.25, 0.3) is 10.9 Å². The zero-order valence-electron chi connectivity index (χ0n) is 17.8. The fraction of sp³-hybridized carbons (Fsp3) is 0.292. The number of carbonyl (C=O) groups excluding carboxylic acids is 1. The Balaban J connectivity index is 1.47. The summed E-state index contributed by atoms with van der Waals surface area (Å²) in [4.78, 5) is 16.3. The molecule has 3 aromatic rings. The van der Waals surface area contributed by atoms with Crippen molar-refractivity contribution in [3.63, 3.8) is 0 Å². The molecule has 1 fully saturated rings. The topological polar surface area (TPSA) is 106 Å². The Bertz CT molecular complexity index is 1140. The predicted octanol–water partition coefficient (Wildman–Crippen LogP) is 4.46. The van der Waals surface area contributed by atoms with Gasteiger partial charge in [-0.3, -0.25) is 4.98 Å². The quantitative estimate of drug-likeness (QED) is 0.484. The Hall–Kier alpha value is -3.83. The third-order valence-electron chi connectivity index (χ3n) is 5.06. The van der Waals surface area contributed by atoms with Gasteiger partial charge in [0, 0.05) is 37.0 Å². The molecular weight excluding hydrogens is 408 g/mol. The van der Waals surface area contributed by atoms with Crippen molar-refractivity contribution in [2.75, 3.05) is 32.2 Å². The van der Waals surface area contributed by atoms with Crippen molar-refractivity contribution in [2.24, 2.45) is 5.92 Å². The number of carbonyl (C=O) groups is 1. The van der Waals surface area contributed by atoms with Crippen LogP contribution in [-0.4, -0.2) is 37.9 Å². The fourth-order valence-electron chi connectivity index (χ4n) is 3.15. The highest BCUT2D eigenvalue weighted by molar-refractivity contribution is 5.89. The molecule has 164 valence electrons. The Morgan fingerprint density at radius 1 is 1.16 bits per heavy atom. The van der Waals surface area contributed by atoms with Crippen LogP contribution in [0.3, 0.4) is 0 Å². The average Bonchev–Trinajstić information content (AvgIpc) is 3.63. The Labute approximate surface area is 186 Å². The number of anilines is 1. The zero-order valence-corrected chi connectivity index (χ0v) is 17.8. The highest BCUT2D eigenvalue weighted by Gasteiger charge is 2.21. The predicted molar refractivity (Wildman–Crippen MR) is 120 cm³/mol. The Morgan fingerprint density at radius 3 is 2.69 bits per heavy atom. The minimum Gasteiger partial charge on any atom is -0.490 e. The molecule has 0 atom stereocenters. The van der Waals surface area contributed by atoms with Gasteiger partial charge in [0.05, 0.1) is 17.7 Å². The van der Waals surface area contributed by atoms with Gasteiger partial charge in [0.1, 0.15) is 29.9 Å². The van der Waals surface area contributed by atoms with Crippen molar-refractivity contribution in [2.45, 2.75) is 12.8 Å². The molecule has 2 N–H and O–H groups in total. The lowest BCUT2D eigenvalue weighted by Crippen LogP contribution is -2.30. The van der Waals surface area contributed by atoms with Gasteiger partial charge in [0.2, 0.25) is 0 Å². The largest absolute Gasteiger partial charge is 0.490 e. The molecule has 1 aliphatic carbocycles. The normalized spacial score (nSPS) is 12.8. The van der Waals surface area contributed by atoms with Crippen LogP contribution in [0.1, 0.15) is 18.4 Å². The molecule has 2 aromatic carbocycles. The summed E-state index contributed by atoms with van der Waals surface area (Å²) in [6.07, 6.45) is 4.02. The van der Waals surface area contributed by atoms with Gasteiger partial charge in [0.15, 0.2) is 0 Å². The van der Waals surface area contributed by atoms with E-state index in [0.29, 0.717) is 65.1 Å². The number of ether oxygens (including phenoxy) is 3. The molecule has 1 aromatic heterocycles. The summed E-state index contributed by atoms with van der Waals surface area (Å²) >= 11 is 0. The maximum atomic E-state index is 11.9. The molecular formula is C24H24N4O4. The summed E-state index contributed by atoms with van der Waals surface area (Å²) in [5.41, 5.74) is 1.72. The maximum absolute atomic E-state index is 11.9. The smallest absolute Gasteiger partial charge is 0.319 e. The number of hydrogen-bond donors (Lipinski definition) is 2. The lowest BCUT2D eigenvalue weighted by atomic mass is 10.1. The molecule has 0 radical (unpaired) electrons. The number of amides is 2. The van der Waals surface area contributed by atoms with Crippen molar-refractivity contribution in [1.82, 2.24) is 10.3 Å². The first kappa shape index (κ1) is 21.4. The van der Waals surface area contributed by atoms with E-state index in [9.17, 15) is 10.1 Å². The summed E-state index contributed by atoms with van der Waals surface area (Å²) < 4.78 is 16.7. The zero-order chi connectivity index (χ0) is 22.3. The Morgan fingerprint density at radius 2 is 1.97 bits per heavy atom. The molecule has 0 aliphatic heterocycles. The van der Waals surface area contributed by atoms with E-state index in [-0.39, 0.29) is 6.03 Å². The van der Waals surface area contributed by atoms with E-state index in [0.717, 1.165) is 0 Å². The second-order valence-corrected chi connectivity index (χ2v) is 7.53. The van der Waals surface area contributed by atoms with E-state index in [2.05, 4.69) is 21.7 Å². The molecule has 1 heterocycles. The lowest BCUT2D eigenvalue weighted by Gasteiger charge is -2.12. The fourth-order valence-corrected chi connectivity index (χ4v) is 3.15. The van der Waals surface area contributed by atoms with Crippen molar-refractivity contribution in [1.29, 1.82) is 5.26 Å². The molecule has 2 amide bonds. The molecule has 0 unspecified atom stereocenters. The molecule has 1 saturated carbocycles. The van der Waals surface area contributed by atoms with Crippen LogP contribution in [0.15, 0.2) is 48.7 Å². The number of urea groups is 1. The summed E-state index contributed by atoms with van der Waals surface area (Å²) in [5, 5.41) is 15.9. The summed E-state index contributed by atoms with van der Waals surface area (Å²) in [5.74, 6) is 2.25. The molecule has 0 bridgehead atoms. The van der Waals surface area contributed by atoms with Gasteiger partial charge in [-0.1, -0.05) is 0 Å². The van der Waals surface area contributed by atoms with Gasteiger partial charge in [-0.2, -0.15) is 5.26 Å². The number of methoxy groups -OCH3 is 1. The third-order valence-corrected chi connectivity index (χ3v) is 5.06. The highest BCUT2D eigenvalue weighted by atomic mass is 16.5. The maximum Gasteiger partial charge on any atom is 0.319 e. The number of hydrogen-bond acceptors (Lipinski definition) is 6. The number of pyridine rings is 1. The summed E-state index contributed by atoms with van der Waals surface area (Å²) in [6, 6.07) is 14.2. The van der Waals surface area contributed by atoms with Gasteiger partial charge < -0.3 is 24.8 Å². The van der Waals surface area contributed by atoms with E-state index in [4.69, 9.17) is 14.2 Å². The van der Waals surface area contributed by atoms with Crippen molar-refractivity contribution in [3.05, 3.63) is 54.2 Å². The monoisotopic (exact) mass is 432 g/mol. The van der Waals surface area contributed by atoms with Crippen LogP contribution in [0, 0.1) is 17.2 Å². The van der Waals surface area contributed by atoms with E-state index >= 15 is 0 Å². The van der Waals surface area contributed by atoms with E-state index in [1.807, 2.05) is 0 Å². The van der Waals surface area contributed by atoms with Crippen molar-refractivity contribution < 1.29 is 19.0 Å². The lowest BCUT2D eigenvalue weighted by molar-refractivity contribution is 0.146. The molecule has 0 spiro atoms. The molecule has 8 nitrogen and oxygen atoms in total. The van der Waals surface area contributed by atoms with Gasteiger partial charge in [-0.05, 0) is 55.2 Å². The van der Waals surface area contributed by atoms with Crippen LogP contribution < -0.4 is 20.1 Å². The number of aromatic nitrogens is 1. The van der Waals surface area contributed by atoms with E-state index in [1.165, 1.54) is 12.8 Å². The molecule has 4 rings (SSSR count). The van der Waals surface area contributed by atoms with Crippen molar-refractivity contribution >= 4 is 22.6 Å². The molecule has 32 heavy (non-hydrogen) atoms. The van der Waals surface area contributed by atoms with E-state index in [1.54, 1.807) is 55.8 Å². The third kappa shape index (κ3) is 5.45. The standard InChI is InChI=1S/C24H24N4O4/c1-30-10-11-31-23-13-21-20(12-17(23)14-25)22(8-9-26-21)32-19-6-4-18(5-7-19)28-24(29)27-15-16-2-3-16/h4-9,12-13,16H,2-3,10-11,15H2,1H3,(H2,27,28,29). The molecule has 8 heteroatoms. The summed E-state index contributed by atoms with van der Waals surface area (Å²) in [6.45, 7) is 1.48. The number of rotatable bonds is 9. The minimum absolute atomic E-state index is 0.210. The first-order valence-electron chi connectivity index (χ1n) is 10.4. The van der Waals surface area contributed by atoms with Crippen molar-refractivity contribution in [3.8, 4) is 23.3 Å². The van der Waals surface area contributed by atoms with Crippen LogP contribution in [-0.2, 0) is 4.74 Å². The summed E-state index contributed by atoms with van der Waals surface area (Å²) in [7, 11) is 1.59. The Kier molecular flexibility index (Phi) is 6.68. The minimum atomic E-state index is -0.210. The number of fused-ring (bicyclic) bond motifs is 1. The van der Waals surface area contributed by atoms with Gasteiger partial charge in [-0.25, -0.2) is 4.79 Å². The SMILES string of the molecule is COCCOc1cc2nccc(Oc3ccc(NC(=O)NCC4CC4)cc3)c2cc1C#N. The number of nitrogens with one attached hydrogen (secondary N) is 2. The van der Waals surface area contributed by atoms with Crippen LogP contribution in [0.4, 0.5) is 10.5 Å². The van der Waals surface area contributed by atoms with Gasteiger partial charge >= 0.3 is 6.03 Å². The number of nitriles is 1. The van der Waals surface area contributed by atoms with Crippen LogP contribution >= 0.6 is 0 Å². The van der Waals surface area contributed by atoms with Gasteiger partial charge in [0.25, 0.3) is 0 Å². The van der Waals surface area contributed by atoms with Crippen LogP contribution in [0.2, 0.25) is 0 Å². The average molecular weight is 432 g/mol. The highest BCUT2D eigenvalue weighted by Crippen LogP contribution is 2.33. The number of benzene rings is 2. The second-order valence-electron chi connectivity index (χ2n) is 7.53. The number of nitrogens with zero attached hydrogens (tertiary/aromatic N) is 2. The second kappa shape index (κ2) is 9.98. The first-order chi connectivity index (χ1) is 15.7. The molecule has 0 saturated heterocycles. The van der Waals surface area contributed by atoms with Gasteiger partial charge in [-0.15, -0.1) is 0 Å². The van der Waals surface area contributed by atoms with E-state index < -0.39 is 0 Å². The van der Waals surface area contributed by atoms with Crippen LogP contribution in [0.5, 0.6) is 17.2 Å². The molecule has 1 aliphatic rings.